The second kappa shape index (κ2) is 15.9. The van der Waals surface area contributed by atoms with Gasteiger partial charge in [0.25, 0.3) is 10.1 Å². The van der Waals surface area contributed by atoms with E-state index in [2.05, 4.69) is 51.4 Å². The highest BCUT2D eigenvalue weighted by atomic mass is 32.2. The molecule has 0 atom stereocenters. The average Bonchev–Trinajstić information content (AvgIpc) is 2.63. The summed E-state index contributed by atoms with van der Waals surface area (Å²) in [5, 5.41) is 0. The van der Waals surface area contributed by atoms with Gasteiger partial charge >= 0.3 is 0 Å². The molecule has 1 aromatic rings. The Morgan fingerprint density at radius 2 is 1.21 bits per heavy atom. The molecular formula is C23H44NO3S+. The second-order valence-corrected chi connectivity index (χ2v) is 10.1. The molecule has 0 aromatic heterocycles. The first-order valence-electron chi connectivity index (χ1n) is 11.0. The van der Waals surface area contributed by atoms with Crippen molar-refractivity contribution in [1.82, 2.24) is 0 Å². The number of hydrogen-bond acceptors (Lipinski definition) is 2. The smallest absolute Gasteiger partial charge is 0.264 e. The van der Waals surface area contributed by atoms with Crippen LogP contribution in [0.5, 0.6) is 0 Å². The lowest BCUT2D eigenvalue weighted by molar-refractivity contribution is -0.903. The maximum Gasteiger partial charge on any atom is 0.264 e. The number of quaternary nitrogens is 1. The maximum absolute atomic E-state index is 9.56. The van der Waals surface area contributed by atoms with E-state index < -0.39 is 10.1 Å². The van der Waals surface area contributed by atoms with Crippen LogP contribution in [0.2, 0.25) is 0 Å². The highest BCUT2D eigenvalue weighted by molar-refractivity contribution is 7.85. The van der Waals surface area contributed by atoms with E-state index in [1.807, 2.05) is 0 Å². The fourth-order valence-electron chi connectivity index (χ4n) is 3.18. The van der Waals surface area contributed by atoms with Gasteiger partial charge < -0.3 is 4.48 Å². The minimum absolute atomic E-state index is 0.201. The molecular weight excluding hydrogens is 370 g/mol. The summed E-state index contributed by atoms with van der Waals surface area (Å²) in [5.74, 6) is -0.201. The predicted octanol–water partition coefficient (Wildman–Crippen LogP) is 6.08. The average molecular weight is 415 g/mol. The van der Waals surface area contributed by atoms with Gasteiger partial charge in [-0.1, -0.05) is 88.6 Å². The molecule has 0 fully saturated rings. The van der Waals surface area contributed by atoms with Gasteiger partial charge in [0.05, 0.1) is 26.4 Å². The minimum Gasteiger partial charge on any atom is -0.325 e. The third kappa shape index (κ3) is 18.5. The van der Waals surface area contributed by atoms with Crippen LogP contribution in [-0.4, -0.2) is 43.8 Å². The van der Waals surface area contributed by atoms with Crippen molar-refractivity contribution in [3.8, 4) is 0 Å². The van der Waals surface area contributed by atoms with Crippen LogP contribution in [0.4, 0.5) is 0 Å². The number of rotatable bonds is 14. The molecule has 28 heavy (non-hydrogen) atoms. The Morgan fingerprint density at radius 3 is 1.64 bits per heavy atom. The van der Waals surface area contributed by atoms with Crippen molar-refractivity contribution < 1.29 is 17.5 Å². The van der Waals surface area contributed by atoms with Gasteiger partial charge in [-0.15, -0.1) is 0 Å². The quantitative estimate of drug-likeness (QED) is 0.228. The summed E-state index contributed by atoms with van der Waals surface area (Å²) in [6.45, 7) is 6.11. The first-order valence-corrected chi connectivity index (χ1v) is 12.6. The molecule has 0 bridgehead atoms. The molecule has 1 rings (SSSR count). The van der Waals surface area contributed by atoms with Crippen molar-refractivity contribution in [1.29, 1.82) is 0 Å². The fourth-order valence-corrected chi connectivity index (χ4v) is 3.18. The molecule has 0 saturated heterocycles. The van der Waals surface area contributed by atoms with Crippen LogP contribution >= 0.6 is 0 Å². The monoisotopic (exact) mass is 414 g/mol. The second-order valence-electron chi connectivity index (χ2n) is 8.36. The standard InChI is InChI=1S/C21H38N.C2H6O3S/c1-4-5-6-7-8-9-10-11-12-16-19-22(2,3)20-21-17-14-13-15-18-21;1-2-6(3,4)5/h13-15,17-18H,4-12,16,19-20H2,1-3H3;2H2,1H3,(H,3,4,5)/q+1;. The van der Waals surface area contributed by atoms with E-state index in [-0.39, 0.29) is 5.75 Å². The van der Waals surface area contributed by atoms with Crippen LogP contribution in [0.15, 0.2) is 30.3 Å². The first kappa shape index (κ1) is 27.1. The molecule has 1 aromatic carbocycles. The van der Waals surface area contributed by atoms with Crippen LogP contribution < -0.4 is 0 Å². The minimum atomic E-state index is -3.66. The normalized spacial score (nSPS) is 11.8. The van der Waals surface area contributed by atoms with E-state index in [4.69, 9.17) is 4.55 Å². The zero-order valence-electron chi connectivity index (χ0n) is 18.7. The van der Waals surface area contributed by atoms with Crippen LogP contribution in [-0.2, 0) is 16.7 Å². The van der Waals surface area contributed by atoms with Gasteiger partial charge in [-0.25, -0.2) is 0 Å². The van der Waals surface area contributed by atoms with Gasteiger partial charge in [0.2, 0.25) is 0 Å². The Bertz CT molecular complexity index is 571. The molecule has 164 valence electrons. The Morgan fingerprint density at radius 1 is 0.786 bits per heavy atom. The molecule has 5 heteroatoms. The Balaban J connectivity index is 0.00000105. The van der Waals surface area contributed by atoms with Crippen molar-refractivity contribution in [3.63, 3.8) is 0 Å². The van der Waals surface area contributed by atoms with E-state index in [0.29, 0.717) is 0 Å². The molecule has 4 nitrogen and oxygen atoms in total. The Hall–Kier alpha value is -0.910. The molecule has 0 aliphatic rings. The number of nitrogens with zero attached hydrogens (tertiary/aromatic N) is 1. The summed E-state index contributed by atoms with van der Waals surface area (Å²) in [6, 6.07) is 10.9. The van der Waals surface area contributed by atoms with Crippen molar-refractivity contribution in [2.24, 2.45) is 0 Å². The van der Waals surface area contributed by atoms with E-state index in [9.17, 15) is 8.42 Å². The highest BCUT2D eigenvalue weighted by Crippen LogP contribution is 2.13. The molecule has 0 aliphatic heterocycles. The van der Waals surface area contributed by atoms with E-state index in [1.54, 1.807) is 0 Å². The van der Waals surface area contributed by atoms with Crippen LogP contribution in [0.25, 0.3) is 0 Å². The topological polar surface area (TPSA) is 54.4 Å². The Labute approximate surface area is 174 Å². The predicted molar refractivity (Wildman–Crippen MR) is 121 cm³/mol. The van der Waals surface area contributed by atoms with Crippen molar-refractivity contribution in [3.05, 3.63) is 35.9 Å². The number of unbranched alkanes of at least 4 members (excludes halogenated alkanes) is 9. The van der Waals surface area contributed by atoms with Crippen LogP contribution in [0.1, 0.15) is 83.6 Å². The maximum atomic E-state index is 9.56. The lowest BCUT2D eigenvalue weighted by Gasteiger charge is -2.30. The Kier molecular flexibility index (Phi) is 15.4. The molecule has 0 unspecified atom stereocenters. The molecule has 0 radical (unpaired) electrons. The summed E-state index contributed by atoms with van der Waals surface area (Å²) in [4.78, 5) is 0. The van der Waals surface area contributed by atoms with Crippen molar-refractivity contribution in [2.45, 2.75) is 84.6 Å². The first-order chi connectivity index (χ1) is 13.2. The van der Waals surface area contributed by atoms with Gasteiger partial charge in [0, 0.05) is 5.56 Å². The van der Waals surface area contributed by atoms with Gasteiger partial charge in [-0.05, 0) is 19.8 Å². The van der Waals surface area contributed by atoms with E-state index >= 15 is 0 Å². The van der Waals surface area contributed by atoms with Gasteiger partial charge in [-0.3, -0.25) is 4.55 Å². The van der Waals surface area contributed by atoms with Crippen molar-refractivity contribution in [2.75, 3.05) is 26.4 Å². The molecule has 1 N–H and O–H groups in total. The molecule has 0 spiro atoms. The summed E-state index contributed by atoms with van der Waals surface area (Å²) >= 11 is 0. The summed E-state index contributed by atoms with van der Waals surface area (Å²) in [7, 11) is 1.06. The number of benzene rings is 1. The fraction of sp³-hybridized carbons (Fsp3) is 0.739. The van der Waals surface area contributed by atoms with Crippen LogP contribution in [0.3, 0.4) is 0 Å². The molecule has 0 aliphatic carbocycles. The van der Waals surface area contributed by atoms with E-state index in [1.165, 1.54) is 83.2 Å². The molecule has 0 amide bonds. The lowest BCUT2D eigenvalue weighted by atomic mass is 10.1. The SMILES string of the molecule is CCCCCCCCCCCC[N+](C)(C)Cc1ccccc1.CCS(=O)(=O)O. The van der Waals surface area contributed by atoms with Gasteiger partial charge in [0.1, 0.15) is 6.54 Å². The third-order valence-electron chi connectivity index (χ3n) is 4.94. The van der Waals surface area contributed by atoms with Crippen LogP contribution in [0, 0.1) is 0 Å². The molecule has 0 saturated carbocycles. The highest BCUT2D eigenvalue weighted by Gasteiger charge is 2.14. The third-order valence-corrected chi connectivity index (χ3v) is 5.66. The zero-order chi connectivity index (χ0) is 21.3. The summed E-state index contributed by atoms with van der Waals surface area (Å²) < 4.78 is 28.0. The van der Waals surface area contributed by atoms with Gasteiger partial charge in [-0.2, -0.15) is 8.42 Å². The van der Waals surface area contributed by atoms with E-state index in [0.717, 1.165) is 11.0 Å². The molecule has 0 heterocycles. The summed E-state index contributed by atoms with van der Waals surface area (Å²) in [5.41, 5.74) is 1.46. The summed E-state index contributed by atoms with van der Waals surface area (Å²) in [6.07, 6.45) is 14.2. The zero-order valence-corrected chi connectivity index (χ0v) is 19.5. The van der Waals surface area contributed by atoms with Gasteiger partial charge in [0.15, 0.2) is 0 Å². The van der Waals surface area contributed by atoms with Crippen molar-refractivity contribution >= 4 is 10.1 Å². The largest absolute Gasteiger partial charge is 0.325 e. The lowest BCUT2D eigenvalue weighted by Crippen LogP contribution is -2.39. The number of hydrogen-bond donors (Lipinski definition) is 1.